The molecule has 92 valence electrons. The average Bonchev–Trinajstić information content (AvgIpc) is 2.95. The van der Waals surface area contributed by atoms with Gasteiger partial charge in [-0.05, 0) is 24.5 Å². The maximum absolute atomic E-state index is 13.8. The van der Waals surface area contributed by atoms with Crippen molar-refractivity contribution in [3.8, 4) is 0 Å². The number of benzene rings is 1. The molecule has 1 fully saturated rings. The van der Waals surface area contributed by atoms with E-state index in [2.05, 4.69) is 4.90 Å². The van der Waals surface area contributed by atoms with Crippen LogP contribution in [-0.2, 0) is 6.54 Å². The van der Waals surface area contributed by atoms with Crippen molar-refractivity contribution in [1.29, 1.82) is 0 Å². The first-order chi connectivity index (χ1) is 8.31. The first-order valence-corrected chi connectivity index (χ1v) is 6.54. The zero-order valence-corrected chi connectivity index (χ0v) is 10.0. The third kappa shape index (κ3) is 1.78. The minimum absolute atomic E-state index is 0.0681. The lowest BCUT2D eigenvalue weighted by Crippen LogP contribution is -2.35. The number of fused-ring (bicyclic) bond motifs is 1. The van der Waals surface area contributed by atoms with Gasteiger partial charge in [-0.15, -0.1) is 0 Å². The molecule has 1 aliphatic carbocycles. The van der Waals surface area contributed by atoms with Gasteiger partial charge in [-0.3, -0.25) is 4.90 Å². The van der Waals surface area contributed by atoms with Crippen molar-refractivity contribution in [2.24, 2.45) is 5.73 Å². The Morgan fingerprint density at radius 2 is 2.06 bits per heavy atom. The second kappa shape index (κ2) is 4.39. The molecular formula is C14H19FN2. The molecule has 2 aliphatic rings. The molecule has 2 N–H and O–H groups in total. The van der Waals surface area contributed by atoms with E-state index in [1.807, 2.05) is 6.07 Å². The zero-order valence-electron chi connectivity index (χ0n) is 10.0. The van der Waals surface area contributed by atoms with Gasteiger partial charge in [-0.1, -0.05) is 25.0 Å². The van der Waals surface area contributed by atoms with Crippen LogP contribution in [0.2, 0.25) is 0 Å². The first-order valence-electron chi connectivity index (χ1n) is 6.54. The van der Waals surface area contributed by atoms with E-state index < -0.39 is 0 Å². The van der Waals surface area contributed by atoms with Crippen molar-refractivity contribution >= 4 is 0 Å². The second-order valence-electron chi connectivity index (χ2n) is 5.17. The van der Waals surface area contributed by atoms with E-state index in [9.17, 15) is 4.39 Å². The van der Waals surface area contributed by atoms with Gasteiger partial charge in [0.25, 0.3) is 0 Å². The van der Waals surface area contributed by atoms with Gasteiger partial charge in [0.15, 0.2) is 0 Å². The number of hydrogen-bond acceptors (Lipinski definition) is 2. The predicted octanol–water partition coefficient (Wildman–Crippen LogP) is 2.58. The molecule has 17 heavy (non-hydrogen) atoms. The summed E-state index contributed by atoms with van der Waals surface area (Å²) in [5.41, 5.74) is 7.87. The van der Waals surface area contributed by atoms with Crippen molar-refractivity contribution in [3.05, 3.63) is 35.1 Å². The van der Waals surface area contributed by atoms with Gasteiger partial charge in [-0.25, -0.2) is 4.39 Å². The Bertz CT molecular complexity index is 413. The van der Waals surface area contributed by atoms with E-state index in [0.29, 0.717) is 12.6 Å². The van der Waals surface area contributed by atoms with E-state index in [1.165, 1.54) is 25.7 Å². The smallest absolute Gasteiger partial charge is 0.128 e. The number of halogens is 1. The van der Waals surface area contributed by atoms with Gasteiger partial charge < -0.3 is 5.73 Å². The fourth-order valence-electron chi connectivity index (χ4n) is 3.41. The minimum Gasteiger partial charge on any atom is -0.329 e. The minimum atomic E-state index is -0.0681. The Morgan fingerprint density at radius 1 is 1.29 bits per heavy atom. The molecule has 1 aromatic carbocycles. The molecule has 0 spiro atoms. The van der Waals surface area contributed by atoms with Crippen LogP contribution in [0.1, 0.15) is 42.9 Å². The number of hydrogen-bond donors (Lipinski definition) is 1. The van der Waals surface area contributed by atoms with Crippen LogP contribution in [0.5, 0.6) is 0 Å². The molecule has 2 nitrogen and oxygen atoms in total. The van der Waals surface area contributed by atoms with Crippen LogP contribution in [0, 0.1) is 5.82 Å². The van der Waals surface area contributed by atoms with Crippen molar-refractivity contribution in [2.45, 2.75) is 44.3 Å². The van der Waals surface area contributed by atoms with Crippen LogP contribution in [0.4, 0.5) is 4.39 Å². The summed E-state index contributed by atoms with van der Waals surface area (Å²) in [5, 5.41) is 0. The monoisotopic (exact) mass is 234 g/mol. The Kier molecular flexibility index (Phi) is 2.89. The number of nitrogens with two attached hydrogens (primary N) is 1. The van der Waals surface area contributed by atoms with Crippen molar-refractivity contribution in [2.75, 3.05) is 6.54 Å². The van der Waals surface area contributed by atoms with Gasteiger partial charge in [-0.2, -0.15) is 0 Å². The lowest BCUT2D eigenvalue weighted by atomic mass is 10.0. The SMILES string of the molecule is NCC1c2cccc(F)c2CN1C1CCCC1. The van der Waals surface area contributed by atoms with Gasteiger partial charge in [0.1, 0.15) is 5.82 Å². The summed E-state index contributed by atoms with van der Waals surface area (Å²) < 4.78 is 13.8. The number of rotatable bonds is 2. The summed E-state index contributed by atoms with van der Waals surface area (Å²) in [7, 11) is 0. The average molecular weight is 234 g/mol. The van der Waals surface area contributed by atoms with E-state index in [0.717, 1.165) is 17.7 Å². The van der Waals surface area contributed by atoms with Gasteiger partial charge in [0.05, 0.1) is 0 Å². The molecule has 0 radical (unpaired) electrons. The summed E-state index contributed by atoms with van der Waals surface area (Å²) in [6.07, 6.45) is 5.09. The topological polar surface area (TPSA) is 29.3 Å². The van der Waals surface area contributed by atoms with Gasteiger partial charge in [0.2, 0.25) is 0 Å². The lowest BCUT2D eigenvalue weighted by molar-refractivity contribution is 0.151. The molecule has 1 unspecified atom stereocenters. The van der Waals surface area contributed by atoms with Crippen LogP contribution < -0.4 is 5.73 Å². The molecule has 1 saturated carbocycles. The maximum Gasteiger partial charge on any atom is 0.128 e. The van der Waals surface area contributed by atoms with Crippen molar-refractivity contribution < 1.29 is 4.39 Å². The summed E-state index contributed by atoms with van der Waals surface area (Å²) >= 11 is 0. The standard InChI is InChI=1S/C14H19FN2/c15-13-7-3-6-11-12(13)9-17(14(11)8-16)10-4-1-2-5-10/h3,6-7,10,14H,1-2,4-5,8-9,16H2. The highest BCUT2D eigenvalue weighted by Crippen LogP contribution is 2.39. The third-order valence-electron chi connectivity index (χ3n) is 4.27. The molecule has 0 saturated heterocycles. The van der Waals surface area contributed by atoms with Gasteiger partial charge in [0, 0.05) is 30.7 Å². The molecule has 1 aliphatic heterocycles. The molecule has 0 bridgehead atoms. The van der Waals surface area contributed by atoms with E-state index >= 15 is 0 Å². The van der Waals surface area contributed by atoms with E-state index in [1.54, 1.807) is 12.1 Å². The van der Waals surface area contributed by atoms with Crippen LogP contribution >= 0.6 is 0 Å². The van der Waals surface area contributed by atoms with E-state index in [4.69, 9.17) is 5.73 Å². The summed E-state index contributed by atoms with van der Waals surface area (Å²) in [4.78, 5) is 2.42. The summed E-state index contributed by atoms with van der Waals surface area (Å²) in [6, 6.07) is 6.23. The Labute approximate surface area is 102 Å². The molecule has 3 rings (SSSR count). The molecule has 1 aromatic rings. The normalized spacial score (nSPS) is 25.4. The molecule has 0 amide bonds. The number of nitrogens with zero attached hydrogens (tertiary/aromatic N) is 1. The zero-order chi connectivity index (χ0) is 11.8. The Morgan fingerprint density at radius 3 is 2.76 bits per heavy atom. The largest absolute Gasteiger partial charge is 0.329 e. The second-order valence-corrected chi connectivity index (χ2v) is 5.17. The lowest BCUT2D eigenvalue weighted by Gasteiger charge is -2.29. The molecule has 1 atom stereocenters. The van der Waals surface area contributed by atoms with Crippen molar-refractivity contribution in [3.63, 3.8) is 0 Å². The molecule has 3 heteroatoms. The molecular weight excluding hydrogens is 215 g/mol. The maximum atomic E-state index is 13.8. The summed E-state index contributed by atoms with van der Waals surface area (Å²) in [5.74, 6) is -0.0681. The van der Waals surface area contributed by atoms with E-state index in [-0.39, 0.29) is 11.9 Å². The highest BCUT2D eigenvalue weighted by molar-refractivity contribution is 5.35. The van der Waals surface area contributed by atoms with Gasteiger partial charge >= 0.3 is 0 Å². The van der Waals surface area contributed by atoms with Crippen molar-refractivity contribution in [1.82, 2.24) is 4.90 Å². The van der Waals surface area contributed by atoms with Crippen LogP contribution in [0.25, 0.3) is 0 Å². The Balaban J connectivity index is 1.93. The fraction of sp³-hybridized carbons (Fsp3) is 0.571. The summed E-state index contributed by atoms with van der Waals surface area (Å²) in [6.45, 7) is 1.33. The Hall–Kier alpha value is -0.930. The predicted molar refractivity (Wildman–Crippen MR) is 66.0 cm³/mol. The molecule has 0 aromatic heterocycles. The highest BCUT2D eigenvalue weighted by Gasteiger charge is 2.36. The quantitative estimate of drug-likeness (QED) is 0.852. The van der Waals surface area contributed by atoms with Crippen LogP contribution in [-0.4, -0.2) is 17.5 Å². The highest BCUT2D eigenvalue weighted by atomic mass is 19.1. The molecule has 1 heterocycles. The van der Waals surface area contributed by atoms with Crippen LogP contribution in [0.3, 0.4) is 0 Å². The third-order valence-corrected chi connectivity index (χ3v) is 4.27. The fourth-order valence-corrected chi connectivity index (χ4v) is 3.41. The first kappa shape index (κ1) is 11.2. The van der Waals surface area contributed by atoms with Crippen LogP contribution in [0.15, 0.2) is 18.2 Å².